The number of hydrogen-bond acceptors (Lipinski definition) is 4. The zero-order valence-corrected chi connectivity index (χ0v) is 13.6. The first-order chi connectivity index (χ1) is 9.96. The van der Waals surface area contributed by atoms with Gasteiger partial charge in [-0.3, -0.25) is 9.59 Å². The number of rotatable bonds is 9. The van der Waals surface area contributed by atoms with Crippen molar-refractivity contribution >= 4 is 11.8 Å². The Bertz CT molecular complexity index is 362. The third-order valence-corrected chi connectivity index (χ3v) is 4.06. The predicted octanol–water partition coefficient (Wildman–Crippen LogP) is 0.945. The molecule has 2 atom stereocenters. The Hall–Kier alpha value is -1.14. The van der Waals surface area contributed by atoms with Crippen molar-refractivity contribution in [2.75, 3.05) is 33.5 Å². The highest BCUT2D eigenvalue weighted by Gasteiger charge is 2.44. The summed E-state index contributed by atoms with van der Waals surface area (Å²) in [6.07, 6.45) is 2.29. The molecule has 21 heavy (non-hydrogen) atoms. The Morgan fingerprint density at radius 2 is 1.95 bits per heavy atom. The van der Waals surface area contributed by atoms with E-state index in [0.717, 1.165) is 12.8 Å². The largest absolute Gasteiger partial charge is 0.382 e. The molecule has 2 amide bonds. The fraction of sp³-hybridized carbons (Fsp3) is 0.867. The quantitative estimate of drug-likeness (QED) is 0.644. The zero-order chi connectivity index (χ0) is 15.9. The molecule has 0 spiro atoms. The standard InChI is InChI=1S/C15H28N2O4/c1-5-15(3)14(19)17(12(2)13(18)16-15)8-6-7-9-21-11-10-20-4/h12H,5-11H2,1-4H3,(H,16,18). The van der Waals surface area contributed by atoms with Gasteiger partial charge in [-0.2, -0.15) is 0 Å². The van der Waals surface area contributed by atoms with Crippen LogP contribution >= 0.6 is 0 Å². The minimum atomic E-state index is -0.765. The van der Waals surface area contributed by atoms with E-state index in [4.69, 9.17) is 9.47 Å². The Balaban J connectivity index is 2.41. The van der Waals surface area contributed by atoms with Crippen LogP contribution < -0.4 is 5.32 Å². The first kappa shape index (κ1) is 17.9. The van der Waals surface area contributed by atoms with Gasteiger partial charge in [-0.25, -0.2) is 0 Å². The lowest BCUT2D eigenvalue weighted by molar-refractivity contribution is -0.153. The summed E-state index contributed by atoms with van der Waals surface area (Å²) in [5, 5.41) is 2.83. The summed E-state index contributed by atoms with van der Waals surface area (Å²) in [5.74, 6) is -0.0623. The second-order valence-electron chi connectivity index (χ2n) is 5.66. The number of unbranched alkanes of at least 4 members (excludes halogenated alkanes) is 1. The van der Waals surface area contributed by atoms with Gasteiger partial charge in [0, 0.05) is 20.3 Å². The summed E-state index contributed by atoms with van der Waals surface area (Å²) in [7, 11) is 1.64. The van der Waals surface area contributed by atoms with Crippen LogP contribution in [-0.4, -0.2) is 61.8 Å². The highest BCUT2D eigenvalue weighted by Crippen LogP contribution is 2.21. The van der Waals surface area contributed by atoms with Gasteiger partial charge in [-0.05, 0) is 33.1 Å². The van der Waals surface area contributed by atoms with Crippen LogP contribution in [0.25, 0.3) is 0 Å². The van der Waals surface area contributed by atoms with Crippen molar-refractivity contribution in [2.24, 2.45) is 0 Å². The summed E-state index contributed by atoms with van der Waals surface area (Å²) in [6, 6.07) is -0.397. The summed E-state index contributed by atoms with van der Waals surface area (Å²) < 4.78 is 10.3. The molecule has 1 N–H and O–H groups in total. The molecule has 1 rings (SSSR count). The molecular formula is C15H28N2O4. The second kappa shape index (κ2) is 8.34. The van der Waals surface area contributed by atoms with E-state index in [-0.39, 0.29) is 11.8 Å². The molecule has 0 aromatic heterocycles. The molecule has 0 saturated carbocycles. The molecule has 1 saturated heterocycles. The first-order valence-electron chi connectivity index (χ1n) is 7.66. The molecule has 0 bridgehead atoms. The number of piperazine rings is 1. The van der Waals surface area contributed by atoms with E-state index >= 15 is 0 Å². The normalized spacial score (nSPS) is 26.1. The molecule has 0 aromatic carbocycles. The Morgan fingerprint density at radius 3 is 2.57 bits per heavy atom. The smallest absolute Gasteiger partial charge is 0.248 e. The van der Waals surface area contributed by atoms with Crippen molar-refractivity contribution in [1.29, 1.82) is 0 Å². The summed E-state index contributed by atoms with van der Waals surface area (Å²) in [5.41, 5.74) is -0.765. The predicted molar refractivity (Wildman–Crippen MR) is 79.9 cm³/mol. The maximum Gasteiger partial charge on any atom is 0.248 e. The lowest BCUT2D eigenvalue weighted by Crippen LogP contribution is -2.68. The van der Waals surface area contributed by atoms with Crippen molar-refractivity contribution in [3.8, 4) is 0 Å². The number of amides is 2. The molecular weight excluding hydrogens is 272 g/mol. The fourth-order valence-corrected chi connectivity index (χ4v) is 2.33. The number of carbonyl (C=O) groups is 2. The van der Waals surface area contributed by atoms with Crippen molar-refractivity contribution in [2.45, 2.75) is 51.6 Å². The third kappa shape index (κ3) is 4.68. The van der Waals surface area contributed by atoms with Gasteiger partial charge in [0.15, 0.2) is 0 Å². The highest BCUT2D eigenvalue weighted by molar-refractivity contribution is 5.99. The van der Waals surface area contributed by atoms with E-state index < -0.39 is 11.6 Å². The van der Waals surface area contributed by atoms with Gasteiger partial charge in [0.2, 0.25) is 11.8 Å². The number of nitrogens with one attached hydrogen (secondary N) is 1. The molecule has 0 aromatic rings. The lowest BCUT2D eigenvalue weighted by atomic mass is 9.92. The Morgan fingerprint density at radius 1 is 1.24 bits per heavy atom. The summed E-state index contributed by atoms with van der Waals surface area (Å²) >= 11 is 0. The van der Waals surface area contributed by atoms with E-state index in [0.29, 0.717) is 32.8 Å². The van der Waals surface area contributed by atoms with Gasteiger partial charge in [0.05, 0.1) is 13.2 Å². The van der Waals surface area contributed by atoms with E-state index in [1.807, 2.05) is 6.92 Å². The molecule has 1 aliphatic heterocycles. The van der Waals surface area contributed by atoms with Crippen LogP contribution in [0.2, 0.25) is 0 Å². The van der Waals surface area contributed by atoms with Gasteiger partial charge in [-0.1, -0.05) is 6.92 Å². The highest BCUT2D eigenvalue weighted by atomic mass is 16.5. The lowest BCUT2D eigenvalue weighted by Gasteiger charge is -2.43. The summed E-state index contributed by atoms with van der Waals surface area (Å²) in [4.78, 5) is 26.2. The van der Waals surface area contributed by atoms with Crippen molar-refractivity contribution in [1.82, 2.24) is 10.2 Å². The van der Waals surface area contributed by atoms with Crippen LogP contribution in [0.4, 0.5) is 0 Å². The number of hydrogen-bond donors (Lipinski definition) is 1. The van der Waals surface area contributed by atoms with Crippen LogP contribution in [0.5, 0.6) is 0 Å². The van der Waals surface area contributed by atoms with Crippen molar-refractivity contribution in [3.05, 3.63) is 0 Å². The SMILES string of the molecule is CCC1(C)NC(=O)C(C)N(CCCCOCCOC)C1=O. The van der Waals surface area contributed by atoms with E-state index in [9.17, 15) is 9.59 Å². The number of nitrogens with zero attached hydrogens (tertiary/aromatic N) is 1. The zero-order valence-electron chi connectivity index (χ0n) is 13.6. The van der Waals surface area contributed by atoms with Crippen LogP contribution in [-0.2, 0) is 19.1 Å². The van der Waals surface area contributed by atoms with Gasteiger partial charge < -0.3 is 19.7 Å². The molecule has 6 heteroatoms. The molecule has 1 heterocycles. The molecule has 0 aliphatic carbocycles. The average molecular weight is 300 g/mol. The molecule has 2 unspecified atom stereocenters. The molecule has 122 valence electrons. The van der Waals surface area contributed by atoms with E-state index in [1.54, 1.807) is 25.9 Å². The van der Waals surface area contributed by atoms with Crippen LogP contribution in [0.1, 0.15) is 40.0 Å². The second-order valence-corrected chi connectivity index (χ2v) is 5.66. The monoisotopic (exact) mass is 300 g/mol. The van der Waals surface area contributed by atoms with Gasteiger partial charge >= 0.3 is 0 Å². The summed E-state index contributed by atoms with van der Waals surface area (Å²) in [6.45, 7) is 7.91. The van der Waals surface area contributed by atoms with Gasteiger partial charge in [-0.15, -0.1) is 0 Å². The molecule has 1 fully saturated rings. The number of ether oxygens (including phenoxy) is 2. The van der Waals surface area contributed by atoms with Crippen LogP contribution in [0, 0.1) is 0 Å². The maximum atomic E-state index is 12.5. The van der Waals surface area contributed by atoms with Crippen LogP contribution in [0.15, 0.2) is 0 Å². The third-order valence-electron chi connectivity index (χ3n) is 4.06. The Labute approximate surface area is 127 Å². The molecule has 0 radical (unpaired) electrons. The van der Waals surface area contributed by atoms with Gasteiger partial charge in [0.25, 0.3) is 0 Å². The fourth-order valence-electron chi connectivity index (χ4n) is 2.33. The molecule has 1 aliphatic rings. The van der Waals surface area contributed by atoms with E-state index in [1.165, 1.54) is 0 Å². The Kier molecular flexibility index (Phi) is 7.11. The number of methoxy groups -OCH3 is 1. The maximum absolute atomic E-state index is 12.5. The van der Waals surface area contributed by atoms with Crippen molar-refractivity contribution < 1.29 is 19.1 Å². The number of carbonyl (C=O) groups excluding carboxylic acids is 2. The minimum Gasteiger partial charge on any atom is -0.382 e. The topological polar surface area (TPSA) is 67.9 Å². The van der Waals surface area contributed by atoms with Gasteiger partial charge in [0.1, 0.15) is 11.6 Å². The van der Waals surface area contributed by atoms with Crippen molar-refractivity contribution in [3.63, 3.8) is 0 Å². The average Bonchev–Trinajstić information content (AvgIpc) is 2.47. The molecule has 6 nitrogen and oxygen atoms in total. The minimum absolute atomic E-state index is 0.0115. The van der Waals surface area contributed by atoms with E-state index in [2.05, 4.69) is 5.32 Å². The first-order valence-corrected chi connectivity index (χ1v) is 7.66. The van der Waals surface area contributed by atoms with Crippen LogP contribution in [0.3, 0.4) is 0 Å².